The molecule has 2 aromatic rings. The smallest absolute Gasteiger partial charge is 0.338 e. The number of benzene rings is 2. The van der Waals surface area contributed by atoms with E-state index in [1.54, 1.807) is 0 Å². The number of carbonyl (C=O) groups is 2. The number of hydrogen-bond acceptors (Lipinski definition) is 6. The molecule has 0 saturated heterocycles. The quantitative estimate of drug-likeness (QED) is 0.606. The van der Waals surface area contributed by atoms with E-state index in [0.29, 0.717) is 5.56 Å². The fourth-order valence-corrected chi connectivity index (χ4v) is 2.47. The first-order valence-electron chi connectivity index (χ1n) is 8.26. The van der Waals surface area contributed by atoms with Gasteiger partial charge in [-0.2, -0.15) is 0 Å². The third-order valence-corrected chi connectivity index (χ3v) is 3.92. The van der Waals surface area contributed by atoms with Crippen molar-refractivity contribution >= 4 is 11.9 Å². The number of ether oxygens (including phenoxy) is 3. The molecular weight excluding hydrogens is 334 g/mol. The fourth-order valence-electron chi connectivity index (χ4n) is 2.47. The summed E-state index contributed by atoms with van der Waals surface area (Å²) >= 11 is 0. The van der Waals surface area contributed by atoms with Crippen molar-refractivity contribution < 1.29 is 23.8 Å². The van der Waals surface area contributed by atoms with Gasteiger partial charge in [0.25, 0.3) is 0 Å². The number of esters is 2. The van der Waals surface area contributed by atoms with Crippen LogP contribution in [0.2, 0.25) is 0 Å². The number of carbonyl (C=O) groups excluding carboxylic acids is 2. The standard InChI is InChI=1S/C20H23NO5/c1-13(21-3)19(15-8-6-5-7-9-15)26-20(23)16-10-11-17(25-14(2)22)18(12-16)24-4/h5-13,19,21H,1-4H3. The van der Waals surface area contributed by atoms with Crippen LogP contribution in [-0.4, -0.2) is 32.1 Å². The maximum atomic E-state index is 12.6. The number of rotatable bonds is 7. The summed E-state index contributed by atoms with van der Waals surface area (Å²) in [5.74, 6) is -0.424. The van der Waals surface area contributed by atoms with Gasteiger partial charge in [-0.3, -0.25) is 4.79 Å². The fraction of sp³-hybridized carbons (Fsp3) is 0.300. The highest BCUT2D eigenvalue weighted by Crippen LogP contribution is 2.30. The molecule has 0 spiro atoms. The number of methoxy groups -OCH3 is 1. The second-order valence-electron chi connectivity index (χ2n) is 5.77. The van der Waals surface area contributed by atoms with E-state index >= 15 is 0 Å². The highest BCUT2D eigenvalue weighted by molar-refractivity contribution is 5.90. The Bertz CT molecular complexity index is 760. The van der Waals surface area contributed by atoms with Crippen molar-refractivity contribution in [3.63, 3.8) is 0 Å². The van der Waals surface area contributed by atoms with Crippen molar-refractivity contribution in [3.05, 3.63) is 59.7 Å². The van der Waals surface area contributed by atoms with Gasteiger partial charge in [-0.05, 0) is 37.7 Å². The van der Waals surface area contributed by atoms with Crippen molar-refractivity contribution in [2.24, 2.45) is 0 Å². The number of likely N-dealkylation sites (N-methyl/N-ethyl adjacent to an activating group) is 1. The molecule has 6 heteroatoms. The number of nitrogens with one attached hydrogen (secondary N) is 1. The molecule has 2 rings (SSSR count). The zero-order valence-corrected chi connectivity index (χ0v) is 15.3. The van der Waals surface area contributed by atoms with Gasteiger partial charge in [0.2, 0.25) is 0 Å². The van der Waals surface area contributed by atoms with Crippen LogP contribution in [0.3, 0.4) is 0 Å². The van der Waals surface area contributed by atoms with Crippen molar-refractivity contribution in [2.75, 3.05) is 14.2 Å². The summed E-state index contributed by atoms with van der Waals surface area (Å²) < 4.78 is 16.0. The van der Waals surface area contributed by atoms with Crippen LogP contribution in [0.4, 0.5) is 0 Å². The normalized spacial score (nSPS) is 12.8. The highest BCUT2D eigenvalue weighted by Gasteiger charge is 2.24. The van der Waals surface area contributed by atoms with Crippen LogP contribution in [0.15, 0.2) is 48.5 Å². The lowest BCUT2D eigenvalue weighted by atomic mass is 10.0. The Morgan fingerprint density at radius 1 is 1.04 bits per heavy atom. The van der Waals surface area contributed by atoms with E-state index < -0.39 is 18.0 Å². The average molecular weight is 357 g/mol. The van der Waals surface area contributed by atoms with Gasteiger partial charge >= 0.3 is 11.9 Å². The molecule has 1 N–H and O–H groups in total. The lowest BCUT2D eigenvalue weighted by Gasteiger charge is -2.24. The van der Waals surface area contributed by atoms with Crippen LogP contribution in [0.25, 0.3) is 0 Å². The summed E-state index contributed by atoms with van der Waals surface area (Å²) in [6.07, 6.45) is -0.451. The summed E-state index contributed by atoms with van der Waals surface area (Å²) in [5, 5.41) is 3.11. The molecule has 2 atom stereocenters. The molecule has 0 aliphatic carbocycles. The molecule has 0 heterocycles. The van der Waals surface area contributed by atoms with Crippen molar-refractivity contribution in [2.45, 2.75) is 26.0 Å². The Hall–Kier alpha value is -2.86. The van der Waals surface area contributed by atoms with Gasteiger partial charge < -0.3 is 19.5 Å². The first-order valence-corrected chi connectivity index (χ1v) is 8.26. The van der Waals surface area contributed by atoms with Crippen LogP contribution < -0.4 is 14.8 Å². The van der Waals surface area contributed by atoms with Crippen LogP contribution >= 0.6 is 0 Å². The zero-order chi connectivity index (χ0) is 19.1. The predicted molar refractivity (Wildman–Crippen MR) is 97.4 cm³/mol. The Balaban J connectivity index is 2.25. The van der Waals surface area contributed by atoms with Crippen molar-refractivity contribution in [1.29, 1.82) is 0 Å². The molecular formula is C20H23NO5. The molecule has 2 aromatic carbocycles. The highest BCUT2D eigenvalue weighted by atomic mass is 16.6. The molecule has 2 unspecified atom stereocenters. The van der Waals surface area contributed by atoms with Gasteiger partial charge in [0, 0.05) is 13.0 Å². The van der Waals surface area contributed by atoms with Gasteiger partial charge in [-0.25, -0.2) is 4.79 Å². The van der Waals surface area contributed by atoms with Crippen LogP contribution in [0, 0.1) is 0 Å². The Labute approximate surface area is 153 Å². The van der Waals surface area contributed by atoms with Gasteiger partial charge in [-0.15, -0.1) is 0 Å². The largest absolute Gasteiger partial charge is 0.493 e. The molecule has 138 valence electrons. The first kappa shape index (κ1) is 19.5. The first-order chi connectivity index (χ1) is 12.5. The monoisotopic (exact) mass is 357 g/mol. The van der Waals surface area contributed by atoms with E-state index in [2.05, 4.69) is 5.32 Å². The maximum Gasteiger partial charge on any atom is 0.338 e. The SMILES string of the molecule is CNC(C)C(OC(=O)c1ccc(OC(C)=O)c(OC)c1)c1ccccc1. The second-order valence-corrected chi connectivity index (χ2v) is 5.77. The lowest BCUT2D eigenvalue weighted by molar-refractivity contribution is -0.132. The molecule has 0 aliphatic heterocycles. The van der Waals surface area contributed by atoms with E-state index in [-0.39, 0.29) is 17.5 Å². The van der Waals surface area contributed by atoms with Crippen LogP contribution in [0.5, 0.6) is 11.5 Å². The minimum Gasteiger partial charge on any atom is -0.493 e. The molecule has 6 nitrogen and oxygen atoms in total. The topological polar surface area (TPSA) is 73.9 Å². The molecule has 0 bridgehead atoms. The summed E-state index contributed by atoms with van der Waals surface area (Å²) in [6, 6.07) is 14.0. The summed E-state index contributed by atoms with van der Waals surface area (Å²) in [5.41, 5.74) is 1.20. The van der Waals surface area contributed by atoms with Crippen LogP contribution in [-0.2, 0) is 9.53 Å². The van der Waals surface area contributed by atoms with Crippen molar-refractivity contribution in [1.82, 2.24) is 5.32 Å². The van der Waals surface area contributed by atoms with E-state index in [1.807, 2.05) is 44.3 Å². The molecule has 0 fully saturated rings. The van der Waals surface area contributed by atoms with Gasteiger partial charge in [0.1, 0.15) is 6.10 Å². The molecule has 0 saturated carbocycles. The second kappa shape index (κ2) is 9.01. The average Bonchev–Trinajstić information content (AvgIpc) is 2.65. The summed E-state index contributed by atoms with van der Waals surface area (Å²) in [4.78, 5) is 23.8. The zero-order valence-electron chi connectivity index (χ0n) is 15.3. The van der Waals surface area contributed by atoms with E-state index in [9.17, 15) is 9.59 Å². The summed E-state index contributed by atoms with van der Waals surface area (Å²) in [6.45, 7) is 3.24. The maximum absolute atomic E-state index is 12.6. The van der Waals surface area contributed by atoms with E-state index in [4.69, 9.17) is 14.2 Å². The van der Waals surface area contributed by atoms with Crippen molar-refractivity contribution in [3.8, 4) is 11.5 Å². The van der Waals surface area contributed by atoms with Crippen LogP contribution in [0.1, 0.15) is 35.9 Å². The molecule has 0 amide bonds. The van der Waals surface area contributed by atoms with Gasteiger partial charge in [0.15, 0.2) is 11.5 Å². The Kier molecular flexibility index (Phi) is 6.74. The molecule has 0 radical (unpaired) electrons. The van der Waals surface area contributed by atoms with E-state index in [0.717, 1.165) is 5.56 Å². The minimum absolute atomic E-state index is 0.0800. The third-order valence-electron chi connectivity index (χ3n) is 3.92. The number of hydrogen-bond donors (Lipinski definition) is 1. The Morgan fingerprint density at radius 2 is 1.73 bits per heavy atom. The van der Waals surface area contributed by atoms with Gasteiger partial charge in [0.05, 0.1) is 12.7 Å². The molecule has 0 aromatic heterocycles. The van der Waals surface area contributed by atoms with E-state index in [1.165, 1.54) is 32.2 Å². The minimum atomic E-state index is -0.492. The summed E-state index contributed by atoms with van der Waals surface area (Å²) in [7, 11) is 3.25. The molecule has 26 heavy (non-hydrogen) atoms. The van der Waals surface area contributed by atoms with Gasteiger partial charge in [-0.1, -0.05) is 30.3 Å². The third kappa shape index (κ3) is 4.83. The lowest BCUT2D eigenvalue weighted by Crippen LogP contribution is -2.32. The molecule has 0 aliphatic rings. The Morgan fingerprint density at radius 3 is 2.31 bits per heavy atom. The predicted octanol–water partition coefficient (Wildman–Crippen LogP) is 3.13.